The van der Waals surface area contributed by atoms with Crippen molar-refractivity contribution in [3.8, 4) is 22.5 Å². The summed E-state index contributed by atoms with van der Waals surface area (Å²) in [6.07, 6.45) is 0.981. The second-order valence-corrected chi connectivity index (χ2v) is 10.6. The number of benzene rings is 1. The van der Waals surface area contributed by atoms with Gasteiger partial charge in [0.1, 0.15) is 10.6 Å². The van der Waals surface area contributed by atoms with E-state index in [4.69, 9.17) is 4.74 Å². The fourth-order valence-corrected chi connectivity index (χ4v) is 6.16. The highest BCUT2D eigenvalue weighted by Gasteiger charge is 2.23. The Morgan fingerprint density at radius 1 is 1.09 bits per heavy atom. The fraction of sp³-hybridized carbons (Fsp3) is 0.280. The molecule has 3 aromatic heterocycles. The highest BCUT2D eigenvalue weighted by molar-refractivity contribution is 7.99. The number of aromatic nitrogens is 3. The number of anilines is 1. The van der Waals surface area contributed by atoms with Crippen molar-refractivity contribution in [3.05, 3.63) is 57.1 Å². The summed E-state index contributed by atoms with van der Waals surface area (Å²) >= 11 is 4.34. The van der Waals surface area contributed by atoms with Crippen LogP contribution in [0.1, 0.15) is 34.6 Å². The topological polar surface area (TPSA) is 86.1 Å². The molecule has 0 bridgehead atoms. The number of ether oxygens (including phenoxy) is 1. The second-order valence-electron chi connectivity index (χ2n) is 7.75. The van der Waals surface area contributed by atoms with E-state index >= 15 is 0 Å². The van der Waals surface area contributed by atoms with Crippen molar-refractivity contribution in [2.75, 3.05) is 18.2 Å². The molecular weight excluding hydrogens is 501 g/mol. The lowest BCUT2D eigenvalue weighted by atomic mass is 10.0. The summed E-state index contributed by atoms with van der Waals surface area (Å²) in [7, 11) is 1.34. The van der Waals surface area contributed by atoms with Gasteiger partial charge in [0.25, 0.3) is 0 Å². The van der Waals surface area contributed by atoms with Gasteiger partial charge < -0.3 is 14.6 Å². The van der Waals surface area contributed by atoms with Gasteiger partial charge in [-0.2, -0.15) is 0 Å². The number of thioether (sulfide) groups is 1. The predicted molar refractivity (Wildman–Crippen MR) is 144 cm³/mol. The van der Waals surface area contributed by atoms with E-state index < -0.39 is 5.97 Å². The van der Waals surface area contributed by atoms with Crippen LogP contribution >= 0.6 is 34.4 Å². The zero-order valence-corrected chi connectivity index (χ0v) is 22.4. The maximum atomic E-state index is 12.8. The van der Waals surface area contributed by atoms with Crippen LogP contribution in [0.15, 0.2) is 46.2 Å². The zero-order chi connectivity index (χ0) is 24.9. The minimum atomic E-state index is -0.484. The average Bonchev–Trinajstić information content (AvgIpc) is 3.60. The highest BCUT2D eigenvalue weighted by Crippen LogP contribution is 2.36. The first-order chi connectivity index (χ1) is 16.9. The number of nitrogens with zero attached hydrogens (tertiary/aromatic N) is 3. The first-order valence-corrected chi connectivity index (χ1v) is 13.9. The van der Waals surface area contributed by atoms with E-state index in [1.165, 1.54) is 35.1 Å². The Hall–Kier alpha value is -2.95. The van der Waals surface area contributed by atoms with Crippen molar-refractivity contribution in [1.82, 2.24) is 14.8 Å². The Labute approximate surface area is 216 Å². The van der Waals surface area contributed by atoms with E-state index in [9.17, 15) is 9.59 Å². The van der Waals surface area contributed by atoms with Gasteiger partial charge in [-0.05, 0) is 31.9 Å². The van der Waals surface area contributed by atoms with Crippen LogP contribution in [-0.2, 0) is 22.5 Å². The van der Waals surface area contributed by atoms with Crippen LogP contribution in [0.3, 0.4) is 0 Å². The summed E-state index contributed by atoms with van der Waals surface area (Å²) in [5, 5.41) is 16.7. The van der Waals surface area contributed by atoms with Crippen LogP contribution in [0, 0.1) is 6.92 Å². The first kappa shape index (κ1) is 25.2. The lowest BCUT2D eigenvalue weighted by molar-refractivity contribution is -0.113. The van der Waals surface area contributed by atoms with Crippen LogP contribution in [0.4, 0.5) is 5.00 Å². The van der Waals surface area contributed by atoms with Crippen LogP contribution in [0.2, 0.25) is 0 Å². The Kier molecular flexibility index (Phi) is 8.04. The van der Waals surface area contributed by atoms with Crippen molar-refractivity contribution in [1.29, 1.82) is 0 Å². The Bertz CT molecular complexity index is 1340. The van der Waals surface area contributed by atoms with Crippen LogP contribution < -0.4 is 5.32 Å². The molecule has 1 aromatic carbocycles. The van der Waals surface area contributed by atoms with E-state index in [-0.39, 0.29) is 11.7 Å². The molecule has 0 spiro atoms. The summed E-state index contributed by atoms with van der Waals surface area (Å²) in [5.41, 5.74) is 4.17. The molecule has 0 unspecified atom stereocenters. The molecule has 35 heavy (non-hydrogen) atoms. The van der Waals surface area contributed by atoms with Gasteiger partial charge in [0, 0.05) is 33.3 Å². The number of esters is 1. The van der Waals surface area contributed by atoms with Crippen molar-refractivity contribution >= 4 is 51.3 Å². The average molecular weight is 527 g/mol. The lowest BCUT2D eigenvalue weighted by Gasteiger charge is -2.09. The number of amides is 1. The van der Waals surface area contributed by atoms with Crippen molar-refractivity contribution in [3.63, 3.8) is 0 Å². The van der Waals surface area contributed by atoms with E-state index in [0.717, 1.165) is 34.5 Å². The molecule has 4 rings (SSSR count). The van der Waals surface area contributed by atoms with Crippen molar-refractivity contribution in [2.45, 2.75) is 38.9 Å². The second kappa shape index (κ2) is 11.2. The molecule has 0 saturated carbocycles. The van der Waals surface area contributed by atoms with Gasteiger partial charge in [-0.3, -0.25) is 4.79 Å². The SMILES string of the molecule is CCc1cc(-c2nnc(SCC(=O)Nc3scc(-c4ccc(C)cc4)c3C(=O)OC)n2CC)cs1. The van der Waals surface area contributed by atoms with E-state index in [1.54, 1.807) is 11.3 Å². The maximum Gasteiger partial charge on any atom is 0.341 e. The van der Waals surface area contributed by atoms with Gasteiger partial charge in [-0.25, -0.2) is 4.79 Å². The first-order valence-electron chi connectivity index (χ1n) is 11.2. The van der Waals surface area contributed by atoms with Crippen LogP contribution in [0.5, 0.6) is 0 Å². The number of aryl methyl sites for hydroxylation is 2. The number of carbonyl (C=O) groups excluding carboxylic acids is 2. The Morgan fingerprint density at radius 2 is 1.86 bits per heavy atom. The zero-order valence-electron chi connectivity index (χ0n) is 20.0. The molecule has 0 aliphatic heterocycles. The number of carbonyl (C=O) groups is 2. The Morgan fingerprint density at radius 3 is 2.51 bits per heavy atom. The number of thiophene rings is 2. The lowest BCUT2D eigenvalue weighted by Crippen LogP contribution is -2.16. The molecule has 0 saturated heterocycles. The monoisotopic (exact) mass is 526 g/mol. The van der Waals surface area contributed by atoms with Crippen LogP contribution in [-0.4, -0.2) is 39.5 Å². The molecule has 0 fully saturated rings. The summed E-state index contributed by atoms with van der Waals surface area (Å²) in [4.78, 5) is 26.7. The van der Waals surface area contributed by atoms with Gasteiger partial charge in [0.05, 0.1) is 12.9 Å². The fourth-order valence-electron chi connectivity index (χ4n) is 3.57. The highest BCUT2D eigenvalue weighted by atomic mass is 32.2. The predicted octanol–water partition coefficient (Wildman–Crippen LogP) is 6.14. The molecule has 0 radical (unpaired) electrons. The number of hydrogen-bond donors (Lipinski definition) is 1. The minimum absolute atomic E-state index is 0.139. The smallest absolute Gasteiger partial charge is 0.341 e. The standard InChI is InChI=1S/C25H26N4O3S3/c1-5-18-11-17(12-33-18)22-27-28-25(29(22)6-2)35-14-20(30)26-23-21(24(31)32-4)19(13-34-23)16-9-7-15(3)8-10-16/h7-13H,5-6,14H2,1-4H3,(H,26,30). The third-order valence-electron chi connectivity index (χ3n) is 5.42. The molecule has 1 amide bonds. The van der Waals surface area contributed by atoms with E-state index in [2.05, 4.69) is 33.9 Å². The minimum Gasteiger partial charge on any atom is -0.465 e. The molecule has 7 nitrogen and oxygen atoms in total. The number of hydrogen-bond acceptors (Lipinski definition) is 8. The van der Waals surface area contributed by atoms with E-state index in [0.29, 0.717) is 22.3 Å². The molecule has 0 aliphatic rings. The molecule has 10 heteroatoms. The summed E-state index contributed by atoms with van der Waals surface area (Å²) in [6.45, 7) is 6.86. The third kappa shape index (κ3) is 5.50. The van der Waals surface area contributed by atoms with Gasteiger partial charge in [-0.15, -0.1) is 32.9 Å². The summed E-state index contributed by atoms with van der Waals surface area (Å²) in [5.74, 6) is 0.233. The number of nitrogens with one attached hydrogen (secondary N) is 1. The quantitative estimate of drug-likeness (QED) is 0.208. The summed E-state index contributed by atoms with van der Waals surface area (Å²) < 4.78 is 7.02. The molecule has 3 heterocycles. The van der Waals surface area contributed by atoms with E-state index in [1.807, 2.05) is 48.1 Å². The Balaban J connectivity index is 1.49. The molecule has 4 aromatic rings. The molecule has 0 atom stereocenters. The maximum absolute atomic E-state index is 12.8. The molecule has 0 aliphatic carbocycles. The van der Waals surface area contributed by atoms with Gasteiger partial charge >= 0.3 is 5.97 Å². The van der Waals surface area contributed by atoms with Crippen molar-refractivity contribution in [2.24, 2.45) is 0 Å². The third-order valence-corrected chi connectivity index (χ3v) is 8.37. The van der Waals surface area contributed by atoms with Crippen molar-refractivity contribution < 1.29 is 14.3 Å². The summed E-state index contributed by atoms with van der Waals surface area (Å²) in [6, 6.07) is 10.0. The molecule has 182 valence electrons. The van der Waals surface area contributed by atoms with Gasteiger partial charge in [-0.1, -0.05) is 48.5 Å². The molecular formula is C25H26N4O3S3. The normalized spacial score (nSPS) is 11.0. The largest absolute Gasteiger partial charge is 0.465 e. The number of methoxy groups -OCH3 is 1. The number of rotatable bonds is 9. The van der Waals surface area contributed by atoms with Gasteiger partial charge in [0.15, 0.2) is 11.0 Å². The van der Waals surface area contributed by atoms with Crippen LogP contribution in [0.25, 0.3) is 22.5 Å². The van der Waals surface area contributed by atoms with Gasteiger partial charge in [0.2, 0.25) is 5.91 Å². The molecule has 1 N–H and O–H groups in total.